The molecule has 1 aromatic heterocycles. The second-order valence-corrected chi connectivity index (χ2v) is 8.80. The van der Waals surface area contributed by atoms with Gasteiger partial charge in [0.2, 0.25) is 0 Å². The summed E-state index contributed by atoms with van der Waals surface area (Å²) in [7, 11) is -3.42. The Morgan fingerprint density at radius 1 is 1.18 bits per heavy atom. The molecule has 0 aliphatic rings. The first-order valence-electron chi connectivity index (χ1n) is 8.66. The van der Waals surface area contributed by atoms with Crippen LogP contribution in [0.5, 0.6) is 0 Å². The first-order valence-corrected chi connectivity index (χ1v) is 10.9. The first kappa shape index (κ1) is 20.1. The molecule has 0 bridgehead atoms. The van der Waals surface area contributed by atoms with Crippen molar-refractivity contribution in [3.63, 3.8) is 0 Å². The Morgan fingerprint density at radius 3 is 2.64 bits per heavy atom. The molecule has 3 rings (SSSR count). The third kappa shape index (κ3) is 4.99. The van der Waals surface area contributed by atoms with Crippen LogP contribution in [0.1, 0.15) is 21.7 Å². The zero-order chi connectivity index (χ0) is 20.1. The average molecular weight is 418 g/mol. The molecule has 28 heavy (non-hydrogen) atoms. The van der Waals surface area contributed by atoms with Gasteiger partial charge in [-0.25, -0.2) is 13.4 Å². The number of sulfone groups is 1. The summed E-state index contributed by atoms with van der Waals surface area (Å²) in [6.45, 7) is 1.05. The zero-order valence-electron chi connectivity index (χ0n) is 15.3. The van der Waals surface area contributed by atoms with Gasteiger partial charge in [0.15, 0.2) is 9.84 Å². The van der Waals surface area contributed by atoms with E-state index in [1.807, 2.05) is 41.1 Å². The van der Waals surface area contributed by atoms with E-state index in [1.54, 1.807) is 6.20 Å². The van der Waals surface area contributed by atoms with Crippen LogP contribution in [0.25, 0.3) is 0 Å². The Balaban J connectivity index is 1.63. The summed E-state index contributed by atoms with van der Waals surface area (Å²) in [6.07, 6.45) is 5.25. The highest BCUT2D eigenvalue weighted by atomic mass is 35.5. The average Bonchev–Trinajstić information content (AvgIpc) is 3.09. The monoisotopic (exact) mass is 417 g/mol. The lowest BCUT2D eigenvalue weighted by Crippen LogP contribution is -2.27. The highest BCUT2D eigenvalue weighted by Gasteiger charge is 2.15. The number of nitrogens with one attached hydrogen (secondary N) is 1. The van der Waals surface area contributed by atoms with Crippen molar-refractivity contribution in [2.75, 3.05) is 12.8 Å². The zero-order valence-corrected chi connectivity index (χ0v) is 16.9. The molecule has 0 aliphatic heterocycles. The molecule has 0 atom stereocenters. The molecule has 146 valence electrons. The van der Waals surface area contributed by atoms with Crippen LogP contribution in [0, 0.1) is 0 Å². The van der Waals surface area contributed by atoms with Crippen molar-refractivity contribution in [2.24, 2.45) is 0 Å². The molecule has 0 saturated carbocycles. The fourth-order valence-electron chi connectivity index (χ4n) is 2.78. The lowest BCUT2D eigenvalue weighted by atomic mass is 10.2. The van der Waals surface area contributed by atoms with Gasteiger partial charge in [-0.1, -0.05) is 41.9 Å². The van der Waals surface area contributed by atoms with Crippen molar-refractivity contribution in [1.29, 1.82) is 0 Å². The van der Waals surface area contributed by atoms with Crippen LogP contribution >= 0.6 is 11.6 Å². The molecule has 0 spiro atoms. The van der Waals surface area contributed by atoms with E-state index in [1.165, 1.54) is 18.2 Å². The van der Waals surface area contributed by atoms with E-state index < -0.39 is 15.7 Å². The molecule has 0 radical (unpaired) electrons. The van der Waals surface area contributed by atoms with E-state index in [4.69, 9.17) is 11.6 Å². The van der Waals surface area contributed by atoms with Crippen LogP contribution < -0.4 is 5.32 Å². The van der Waals surface area contributed by atoms with Crippen molar-refractivity contribution in [3.8, 4) is 0 Å². The molecule has 1 amide bonds. The van der Waals surface area contributed by atoms with E-state index in [2.05, 4.69) is 10.3 Å². The molecule has 0 unspecified atom stereocenters. The number of hydrogen-bond acceptors (Lipinski definition) is 4. The second kappa shape index (κ2) is 8.58. The van der Waals surface area contributed by atoms with Crippen molar-refractivity contribution < 1.29 is 13.2 Å². The molecule has 2 aromatic carbocycles. The Morgan fingerprint density at radius 2 is 1.93 bits per heavy atom. The second-order valence-electron chi connectivity index (χ2n) is 6.38. The molecule has 0 aliphatic carbocycles. The van der Waals surface area contributed by atoms with Gasteiger partial charge in [-0.2, -0.15) is 0 Å². The first-order chi connectivity index (χ1) is 13.3. The predicted octanol–water partition coefficient (Wildman–Crippen LogP) is 2.96. The summed E-state index contributed by atoms with van der Waals surface area (Å²) in [6, 6.07) is 14.1. The lowest BCUT2D eigenvalue weighted by Gasteiger charge is -2.10. The summed E-state index contributed by atoms with van der Waals surface area (Å²) in [5, 5.41) is 2.98. The Labute approximate surface area is 169 Å². The Hall–Kier alpha value is -2.64. The number of hydrogen-bond donors (Lipinski definition) is 1. The highest BCUT2D eigenvalue weighted by Crippen LogP contribution is 2.20. The maximum absolute atomic E-state index is 12.4. The van der Waals surface area contributed by atoms with Crippen LogP contribution in [0.4, 0.5) is 0 Å². The topological polar surface area (TPSA) is 81.1 Å². The largest absolute Gasteiger partial charge is 0.352 e. The Bertz CT molecular complexity index is 1080. The van der Waals surface area contributed by atoms with Gasteiger partial charge in [-0.15, -0.1) is 0 Å². The smallest absolute Gasteiger partial charge is 0.252 e. The summed E-state index contributed by atoms with van der Waals surface area (Å²) in [5.74, 6) is 0.428. The molecule has 8 heteroatoms. The number of rotatable bonds is 7. The molecule has 0 fully saturated rings. The molecule has 1 N–H and O–H groups in total. The van der Waals surface area contributed by atoms with Crippen LogP contribution in [0.15, 0.2) is 65.8 Å². The predicted molar refractivity (Wildman–Crippen MR) is 108 cm³/mol. The summed E-state index contributed by atoms with van der Waals surface area (Å²) < 4.78 is 25.4. The minimum atomic E-state index is -3.42. The minimum absolute atomic E-state index is 0.0560. The van der Waals surface area contributed by atoms with Gasteiger partial charge in [0.25, 0.3) is 5.91 Å². The SMILES string of the molecule is CS(=O)(=O)c1ccc(Cl)c(C(=O)NCCc2nccn2Cc2ccccc2)c1. The summed E-state index contributed by atoms with van der Waals surface area (Å²) >= 11 is 6.06. The van der Waals surface area contributed by atoms with Gasteiger partial charge < -0.3 is 9.88 Å². The van der Waals surface area contributed by atoms with E-state index in [-0.39, 0.29) is 15.5 Å². The van der Waals surface area contributed by atoms with Crippen LogP contribution in [-0.4, -0.2) is 36.7 Å². The van der Waals surface area contributed by atoms with Crippen molar-refractivity contribution >= 4 is 27.3 Å². The lowest BCUT2D eigenvalue weighted by molar-refractivity contribution is 0.0954. The maximum atomic E-state index is 12.4. The molecular formula is C20H20ClN3O3S. The standard InChI is InChI=1S/C20H20ClN3O3S/c1-28(26,27)16-7-8-18(21)17(13-16)20(25)23-10-9-19-22-11-12-24(19)14-15-5-3-2-4-6-15/h2-8,11-13H,9-10,14H2,1H3,(H,23,25). The summed E-state index contributed by atoms with van der Waals surface area (Å²) in [4.78, 5) is 16.8. The number of nitrogens with zero attached hydrogens (tertiary/aromatic N) is 2. The fraction of sp³-hybridized carbons (Fsp3) is 0.200. The van der Waals surface area contributed by atoms with Gasteiger partial charge in [0.05, 0.1) is 15.5 Å². The summed E-state index contributed by atoms with van der Waals surface area (Å²) in [5.41, 5.74) is 1.30. The van der Waals surface area contributed by atoms with Crippen molar-refractivity contribution in [3.05, 3.63) is 82.9 Å². The maximum Gasteiger partial charge on any atom is 0.252 e. The van der Waals surface area contributed by atoms with E-state index >= 15 is 0 Å². The highest BCUT2D eigenvalue weighted by molar-refractivity contribution is 7.90. The Kier molecular flexibility index (Phi) is 6.16. The van der Waals surface area contributed by atoms with Crippen molar-refractivity contribution in [1.82, 2.24) is 14.9 Å². The number of halogens is 1. The normalized spacial score (nSPS) is 11.4. The number of carbonyl (C=O) groups is 1. The quantitative estimate of drug-likeness (QED) is 0.640. The number of carbonyl (C=O) groups excluding carboxylic acids is 1. The molecule has 0 saturated heterocycles. The molecule has 6 nitrogen and oxygen atoms in total. The van der Waals surface area contributed by atoms with E-state index in [9.17, 15) is 13.2 Å². The third-order valence-electron chi connectivity index (χ3n) is 4.24. The number of amides is 1. The number of aromatic nitrogens is 2. The van der Waals surface area contributed by atoms with E-state index in [0.29, 0.717) is 19.5 Å². The number of benzene rings is 2. The molecule has 1 heterocycles. The fourth-order valence-corrected chi connectivity index (χ4v) is 3.63. The van der Waals surface area contributed by atoms with Crippen LogP contribution in [0.3, 0.4) is 0 Å². The van der Waals surface area contributed by atoms with Crippen LogP contribution in [0.2, 0.25) is 5.02 Å². The molecular weight excluding hydrogens is 398 g/mol. The van der Waals surface area contributed by atoms with Gasteiger partial charge >= 0.3 is 0 Å². The van der Waals surface area contributed by atoms with Gasteiger partial charge in [0.1, 0.15) is 5.82 Å². The van der Waals surface area contributed by atoms with Gasteiger partial charge in [0, 0.05) is 38.2 Å². The number of imidazole rings is 1. The van der Waals surface area contributed by atoms with Crippen molar-refractivity contribution in [2.45, 2.75) is 17.9 Å². The molecule has 3 aromatic rings. The van der Waals surface area contributed by atoms with Gasteiger partial charge in [-0.3, -0.25) is 4.79 Å². The third-order valence-corrected chi connectivity index (χ3v) is 5.68. The van der Waals surface area contributed by atoms with Crippen LogP contribution in [-0.2, 0) is 22.8 Å². The van der Waals surface area contributed by atoms with E-state index in [0.717, 1.165) is 17.6 Å². The van der Waals surface area contributed by atoms with Gasteiger partial charge in [-0.05, 0) is 23.8 Å². The minimum Gasteiger partial charge on any atom is -0.352 e.